The lowest BCUT2D eigenvalue weighted by molar-refractivity contribution is -0.135. The summed E-state index contributed by atoms with van der Waals surface area (Å²) in [6.45, 7) is 5.76. The number of carbonyl (C=O) groups is 2. The summed E-state index contributed by atoms with van der Waals surface area (Å²) in [5.74, 6) is -3.99. The summed E-state index contributed by atoms with van der Waals surface area (Å²) < 4.78 is 30.3. The van der Waals surface area contributed by atoms with Crippen molar-refractivity contribution in [2.45, 2.75) is 62.8 Å². The fourth-order valence-corrected chi connectivity index (χ4v) is 6.29. The second-order valence-corrected chi connectivity index (χ2v) is 12.4. The topological polar surface area (TPSA) is 102 Å². The van der Waals surface area contributed by atoms with Gasteiger partial charge in [-0.25, -0.2) is 13.1 Å². The summed E-state index contributed by atoms with van der Waals surface area (Å²) in [5.41, 5.74) is 1.38. The Bertz CT molecular complexity index is 1330. The number of rotatable bonds is 13. The molecule has 4 N–H and O–H groups in total. The second kappa shape index (κ2) is 15.4. The summed E-state index contributed by atoms with van der Waals surface area (Å²) in [7, 11) is 0. The summed E-state index contributed by atoms with van der Waals surface area (Å²) in [6.07, 6.45) is -1.08. The minimum atomic E-state index is -1.63. The van der Waals surface area contributed by atoms with Crippen LogP contribution in [0.15, 0.2) is 77.7 Å². The van der Waals surface area contributed by atoms with Crippen LogP contribution in [0.5, 0.6) is 0 Å². The van der Waals surface area contributed by atoms with Crippen LogP contribution >= 0.6 is 11.9 Å². The molecule has 1 aliphatic heterocycles. The quantitative estimate of drug-likeness (QED) is 0.209. The highest BCUT2D eigenvalue weighted by Gasteiger charge is 2.38. The first-order valence-corrected chi connectivity index (χ1v) is 15.3. The van der Waals surface area contributed by atoms with Gasteiger partial charge in [0.2, 0.25) is 5.91 Å². The molecular weight excluding hydrogens is 572 g/mol. The van der Waals surface area contributed by atoms with E-state index < -0.39 is 47.6 Å². The Hall–Kier alpha value is -3.31. The average molecular weight is 612 g/mol. The Morgan fingerprint density at radius 2 is 1.51 bits per heavy atom. The predicted molar refractivity (Wildman–Crippen MR) is 163 cm³/mol. The zero-order chi connectivity index (χ0) is 30.9. The SMILES string of the molecule is CC(C)[C@@H](C(=O)NCc1ccccc1)[C@@H](O)[C@H](O)[C@H](Cc1cc(F)cc(F)c1)NC(=O)c1ccc(SN2CCCC2)cc1. The third kappa shape index (κ3) is 9.34. The van der Waals surface area contributed by atoms with Crippen LogP contribution in [0.3, 0.4) is 0 Å². The maximum absolute atomic E-state index is 14.0. The third-order valence-electron chi connectivity index (χ3n) is 7.57. The van der Waals surface area contributed by atoms with Crippen LogP contribution in [0.2, 0.25) is 0 Å². The molecule has 1 fully saturated rings. The van der Waals surface area contributed by atoms with Crippen molar-refractivity contribution in [1.29, 1.82) is 0 Å². The number of aliphatic hydroxyl groups excluding tert-OH is 2. The van der Waals surface area contributed by atoms with Crippen LogP contribution in [-0.2, 0) is 17.8 Å². The molecule has 230 valence electrons. The molecule has 10 heteroatoms. The van der Waals surface area contributed by atoms with Crippen molar-refractivity contribution in [3.05, 3.63) is 101 Å². The van der Waals surface area contributed by atoms with Gasteiger partial charge in [-0.1, -0.05) is 44.2 Å². The lowest BCUT2D eigenvalue weighted by Gasteiger charge is -2.33. The number of carbonyl (C=O) groups excluding carboxylic acids is 2. The van der Waals surface area contributed by atoms with E-state index in [2.05, 4.69) is 14.9 Å². The molecule has 4 atom stereocenters. The van der Waals surface area contributed by atoms with E-state index in [1.807, 2.05) is 42.5 Å². The number of hydrogen-bond acceptors (Lipinski definition) is 6. The van der Waals surface area contributed by atoms with Crippen molar-refractivity contribution >= 4 is 23.8 Å². The molecular formula is C33H39F2N3O4S. The molecule has 0 spiro atoms. The maximum atomic E-state index is 14.0. The number of nitrogens with one attached hydrogen (secondary N) is 2. The van der Waals surface area contributed by atoms with Gasteiger partial charge in [0, 0.05) is 36.2 Å². The smallest absolute Gasteiger partial charge is 0.251 e. The van der Waals surface area contributed by atoms with Crippen molar-refractivity contribution in [1.82, 2.24) is 14.9 Å². The minimum Gasteiger partial charge on any atom is -0.390 e. The van der Waals surface area contributed by atoms with Crippen LogP contribution in [0.1, 0.15) is 48.2 Å². The lowest BCUT2D eigenvalue weighted by atomic mass is 9.83. The van der Waals surface area contributed by atoms with Gasteiger partial charge in [-0.05, 0) is 84.7 Å². The molecule has 0 saturated carbocycles. The van der Waals surface area contributed by atoms with Crippen molar-refractivity contribution in [2.24, 2.45) is 11.8 Å². The number of aliphatic hydroxyl groups is 2. The van der Waals surface area contributed by atoms with E-state index in [1.54, 1.807) is 37.9 Å². The molecule has 43 heavy (non-hydrogen) atoms. The molecule has 1 saturated heterocycles. The van der Waals surface area contributed by atoms with Crippen molar-refractivity contribution in [3.8, 4) is 0 Å². The highest BCUT2D eigenvalue weighted by molar-refractivity contribution is 7.97. The van der Waals surface area contributed by atoms with E-state index in [0.717, 1.165) is 54.6 Å². The molecule has 2 amide bonds. The molecule has 0 unspecified atom stereocenters. The van der Waals surface area contributed by atoms with Crippen molar-refractivity contribution in [2.75, 3.05) is 13.1 Å². The third-order valence-corrected chi connectivity index (χ3v) is 8.68. The van der Waals surface area contributed by atoms with Gasteiger partial charge in [0.25, 0.3) is 5.91 Å². The van der Waals surface area contributed by atoms with Crippen molar-refractivity contribution in [3.63, 3.8) is 0 Å². The van der Waals surface area contributed by atoms with Gasteiger partial charge >= 0.3 is 0 Å². The molecule has 7 nitrogen and oxygen atoms in total. The van der Waals surface area contributed by atoms with E-state index in [0.29, 0.717) is 5.56 Å². The molecule has 4 rings (SSSR count). The predicted octanol–water partition coefficient (Wildman–Crippen LogP) is 4.72. The van der Waals surface area contributed by atoms with Gasteiger partial charge in [-0.3, -0.25) is 9.59 Å². The first-order valence-electron chi connectivity index (χ1n) is 14.6. The molecule has 1 heterocycles. The van der Waals surface area contributed by atoms with E-state index >= 15 is 0 Å². The van der Waals surface area contributed by atoms with Crippen LogP contribution in [0.25, 0.3) is 0 Å². The van der Waals surface area contributed by atoms with Gasteiger partial charge in [0.15, 0.2) is 0 Å². The zero-order valence-electron chi connectivity index (χ0n) is 24.4. The Balaban J connectivity index is 1.51. The summed E-state index contributed by atoms with van der Waals surface area (Å²) in [5, 5.41) is 28.3. The van der Waals surface area contributed by atoms with E-state index in [4.69, 9.17) is 0 Å². The van der Waals surface area contributed by atoms with Gasteiger partial charge in [-0.15, -0.1) is 0 Å². The largest absolute Gasteiger partial charge is 0.390 e. The highest BCUT2D eigenvalue weighted by Crippen LogP contribution is 2.27. The van der Waals surface area contributed by atoms with Crippen LogP contribution in [0.4, 0.5) is 8.78 Å². The fraction of sp³-hybridized carbons (Fsp3) is 0.394. The van der Waals surface area contributed by atoms with E-state index in [9.17, 15) is 28.6 Å². The average Bonchev–Trinajstić information content (AvgIpc) is 3.48. The second-order valence-electron chi connectivity index (χ2n) is 11.3. The van der Waals surface area contributed by atoms with E-state index in [-0.39, 0.29) is 24.4 Å². The summed E-state index contributed by atoms with van der Waals surface area (Å²) in [6, 6.07) is 18.1. The highest BCUT2D eigenvalue weighted by atomic mass is 32.2. The molecule has 0 aromatic heterocycles. The first kappa shape index (κ1) is 32.6. The van der Waals surface area contributed by atoms with Gasteiger partial charge in [-0.2, -0.15) is 0 Å². The standard InChI is InChI=1S/C33H39F2N3O4S/c1-21(2)29(33(42)36-20-22-8-4-3-5-9-22)31(40)30(39)28(18-23-16-25(34)19-26(35)17-23)37-32(41)24-10-12-27(13-11-24)43-38-14-6-7-15-38/h3-5,8-13,16-17,19,21,28-31,39-40H,6-7,14-15,18,20H2,1-2H3,(H,36,42)(H,37,41)/t28-,29+,30+,31+/m0/s1. The number of benzene rings is 3. The molecule has 1 aliphatic rings. The zero-order valence-corrected chi connectivity index (χ0v) is 25.2. The van der Waals surface area contributed by atoms with Gasteiger partial charge in [0.05, 0.1) is 18.1 Å². The Labute approximate surface area is 255 Å². The number of nitrogens with zero attached hydrogens (tertiary/aromatic N) is 1. The Kier molecular flexibility index (Phi) is 11.7. The van der Waals surface area contributed by atoms with Gasteiger partial charge < -0.3 is 20.8 Å². The van der Waals surface area contributed by atoms with Crippen LogP contribution in [-0.4, -0.2) is 57.7 Å². The monoisotopic (exact) mass is 611 g/mol. The Morgan fingerprint density at radius 1 is 0.884 bits per heavy atom. The van der Waals surface area contributed by atoms with Gasteiger partial charge in [0.1, 0.15) is 17.7 Å². The molecule has 3 aromatic rings. The molecule has 0 aliphatic carbocycles. The molecule has 0 bridgehead atoms. The first-order chi connectivity index (χ1) is 20.6. The summed E-state index contributed by atoms with van der Waals surface area (Å²) >= 11 is 1.63. The lowest BCUT2D eigenvalue weighted by Crippen LogP contribution is -2.54. The maximum Gasteiger partial charge on any atom is 0.251 e. The van der Waals surface area contributed by atoms with Crippen LogP contribution in [0, 0.1) is 23.5 Å². The van der Waals surface area contributed by atoms with E-state index in [1.165, 1.54) is 0 Å². The normalized spacial score (nSPS) is 16.4. The number of hydrogen-bond donors (Lipinski definition) is 4. The number of amides is 2. The molecule has 0 radical (unpaired) electrons. The number of halogens is 2. The van der Waals surface area contributed by atoms with Crippen LogP contribution < -0.4 is 10.6 Å². The van der Waals surface area contributed by atoms with Crippen molar-refractivity contribution < 1.29 is 28.6 Å². The summed E-state index contributed by atoms with van der Waals surface area (Å²) in [4.78, 5) is 27.5. The fourth-order valence-electron chi connectivity index (χ4n) is 5.29. The molecule has 3 aromatic carbocycles. The minimum absolute atomic E-state index is 0.182. The Morgan fingerprint density at radius 3 is 2.12 bits per heavy atom.